The van der Waals surface area contributed by atoms with Crippen molar-refractivity contribution < 1.29 is 19.8 Å². The molecule has 6 heteroatoms. The highest BCUT2D eigenvalue weighted by atomic mass is 16.4. The summed E-state index contributed by atoms with van der Waals surface area (Å²) >= 11 is 0. The van der Waals surface area contributed by atoms with Gasteiger partial charge in [0.2, 0.25) is 0 Å². The third-order valence-corrected chi connectivity index (χ3v) is 3.89. The maximum absolute atomic E-state index is 11.7. The zero-order chi connectivity index (χ0) is 16.6. The van der Waals surface area contributed by atoms with Gasteiger partial charge in [-0.05, 0) is 23.3 Å². The van der Waals surface area contributed by atoms with Crippen molar-refractivity contribution in [2.45, 2.75) is 12.8 Å². The Morgan fingerprint density at radius 3 is 2.43 bits per heavy atom. The smallest absolute Gasteiger partial charge is 0.353 e. The van der Waals surface area contributed by atoms with E-state index >= 15 is 0 Å². The molecule has 23 heavy (non-hydrogen) atoms. The van der Waals surface area contributed by atoms with Crippen LogP contribution < -0.4 is 5.43 Å². The molecule has 0 fully saturated rings. The molecule has 1 unspecified atom stereocenters. The lowest BCUT2D eigenvalue weighted by Gasteiger charge is -2.25. The summed E-state index contributed by atoms with van der Waals surface area (Å²) in [6.07, 6.45) is 0. The molecule has 0 spiro atoms. The highest BCUT2D eigenvalue weighted by Crippen LogP contribution is 2.35. The molecule has 1 atom stereocenters. The third kappa shape index (κ3) is 2.44. The monoisotopic (exact) mass is 310 g/mol. The molecule has 0 aromatic heterocycles. The molecule has 2 aromatic rings. The zero-order valence-electron chi connectivity index (χ0n) is 12.3. The van der Waals surface area contributed by atoms with Crippen LogP contribution in [-0.4, -0.2) is 27.9 Å². The second-order valence-electron chi connectivity index (χ2n) is 5.26. The Morgan fingerprint density at radius 1 is 1.04 bits per heavy atom. The van der Waals surface area contributed by atoms with Crippen molar-refractivity contribution in [2.75, 3.05) is 0 Å². The number of nitrogens with zero attached hydrogens (tertiary/aromatic N) is 1. The minimum absolute atomic E-state index is 0.00578. The van der Waals surface area contributed by atoms with E-state index in [4.69, 9.17) is 0 Å². The molecule has 6 nitrogen and oxygen atoms in total. The van der Waals surface area contributed by atoms with E-state index in [0.29, 0.717) is 11.3 Å². The standard InChI is InChI=1S/C17H14N2O4/c1-9-13(16(20)21)14(15(17(22)23)19-18-9)12-8-4-6-10-5-2-3-7-11(10)12/h2-8,14,18H,1H3,(H,20,21)(H,22,23). The summed E-state index contributed by atoms with van der Waals surface area (Å²) in [5.74, 6) is -3.35. The predicted molar refractivity (Wildman–Crippen MR) is 85.2 cm³/mol. The van der Waals surface area contributed by atoms with E-state index in [-0.39, 0.29) is 11.3 Å². The SMILES string of the molecule is CC1=C(C(=O)O)C(c2cccc3ccccc23)C(C(=O)O)=NN1. The molecule has 0 saturated heterocycles. The molecule has 1 aliphatic heterocycles. The largest absolute Gasteiger partial charge is 0.478 e. The van der Waals surface area contributed by atoms with Crippen molar-refractivity contribution in [3.8, 4) is 0 Å². The molecule has 0 aliphatic carbocycles. The summed E-state index contributed by atoms with van der Waals surface area (Å²) < 4.78 is 0. The fourth-order valence-electron chi connectivity index (χ4n) is 2.88. The van der Waals surface area contributed by atoms with E-state index in [0.717, 1.165) is 10.8 Å². The quantitative estimate of drug-likeness (QED) is 0.808. The number of carbonyl (C=O) groups is 2. The average Bonchev–Trinajstić information content (AvgIpc) is 2.53. The van der Waals surface area contributed by atoms with Crippen molar-refractivity contribution >= 4 is 28.4 Å². The van der Waals surface area contributed by atoms with Gasteiger partial charge >= 0.3 is 11.9 Å². The summed E-state index contributed by atoms with van der Waals surface area (Å²) in [6, 6.07) is 12.9. The van der Waals surface area contributed by atoms with Crippen LogP contribution in [0.2, 0.25) is 0 Å². The summed E-state index contributed by atoms with van der Waals surface area (Å²) in [6.45, 7) is 1.57. The van der Waals surface area contributed by atoms with Crippen LogP contribution in [-0.2, 0) is 9.59 Å². The van der Waals surface area contributed by atoms with Gasteiger partial charge < -0.3 is 10.2 Å². The van der Waals surface area contributed by atoms with E-state index < -0.39 is 17.9 Å². The van der Waals surface area contributed by atoms with Gasteiger partial charge in [0.15, 0.2) is 5.71 Å². The van der Waals surface area contributed by atoms with Gasteiger partial charge in [-0.3, -0.25) is 5.43 Å². The normalized spacial score (nSPS) is 17.6. The van der Waals surface area contributed by atoms with E-state index in [1.165, 1.54) is 0 Å². The first-order valence-corrected chi connectivity index (χ1v) is 6.99. The highest BCUT2D eigenvalue weighted by molar-refractivity contribution is 6.40. The van der Waals surface area contributed by atoms with E-state index in [1.807, 2.05) is 30.3 Å². The van der Waals surface area contributed by atoms with Gasteiger partial charge in [0.25, 0.3) is 0 Å². The first-order chi connectivity index (χ1) is 11.0. The molecular weight excluding hydrogens is 296 g/mol. The summed E-state index contributed by atoms with van der Waals surface area (Å²) in [4.78, 5) is 23.3. The first kappa shape index (κ1) is 14.8. The third-order valence-electron chi connectivity index (χ3n) is 3.89. The van der Waals surface area contributed by atoms with Crippen molar-refractivity contribution in [1.82, 2.24) is 5.43 Å². The summed E-state index contributed by atoms with van der Waals surface area (Å²) in [5.41, 5.74) is 3.21. The molecule has 0 saturated carbocycles. The molecule has 0 bridgehead atoms. The highest BCUT2D eigenvalue weighted by Gasteiger charge is 2.36. The van der Waals surface area contributed by atoms with Crippen LogP contribution in [0, 0.1) is 0 Å². The number of allylic oxidation sites excluding steroid dienone is 1. The molecule has 3 rings (SSSR count). The number of carboxylic acids is 2. The first-order valence-electron chi connectivity index (χ1n) is 6.99. The zero-order valence-corrected chi connectivity index (χ0v) is 12.3. The predicted octanol–water partition coefficient (Wildman–Crippen LogP) is 2.33. The van der Waals surface area contributed by atoms with Gasteiger partial charge in [0, 0.05) is 5.70 Å². The maximum Gasteiger partial charge on any atom is 0.353 e. The second-order valence-corrected chi connectivity index (χ2v) is 5.26. The Bertz CT molecular complexity index is 878. The Balaban J connectivity index is 2.30. The lowest BCUT2D eigenvalue weighted by atomic mass is 9.82. The number of fused-ring (bicyclic) bond motifs is 1. The maximum atomic E-state index is 11.7. The van der Waals surface area contributed by atoms with Crippen molar-refractivity contribution in [2.24, 2.45) is 5.10 Å². The van der Waals surface area contributed by atoms with E-state index in [9.17, 15) is 19.8 Å². The van der Waals surface area contributed by atoms with Crippen molar-refractivity contribution in [3.05, 3.63) is 59.3 Å². The molecule has 1 aliphatic rings. The lowest BCUT2D eigenvalue weighted by Crippen LogP contribution is -2.34. The van der Waals surface area contributed by atoms with Crippen LogP contribution in [0.4, 0.5) is 0 Å². The fraction of sp³-hybridized carbons (Fsp3) is 0.118. The van der Waals surface area contributed by atoms with Crippen LogP contribution in [0.1, 0.15) is 18.4 Å². The average molecular weight is 310 g/mol. The number of benzene rings is 2. The molecular formula is C17H14N2O4. The van der Waals surface area contributed by atoms with Gasteiger partial charge in [0.1, 0.15) is 0 Å². The topological polar surface area (TPSA) is 99.0 Å². The van der Waals surface area contributed by atoms with Crippen LogP contribution in [0.15, 0.2) is 58.8 Å². The Kier molecular flexibility index (Phi) is 3.57. The van der Waals surface area contributed by atoms with Gasteiger partial charge in [-0.25, -0.2) is 9.59 Å². The fourth-order valence-corrected chi connectivity index (χ4v) is 2.88. The summed E-state index contributed by atoms with van der Waals surface area (Å²) in [7, 11) is 0. The molecule has 0 amide bonds. The van der Waals surface area contributed by atoms with Gasteiger partial charge in [-0.1, -0.05) is 42.5 Å². The van der Waals surface area contributed by atoms with Gasteiger partial charge in [-0.2, -0.15) is 5.10 Å². The number of rotatable bonds is 3. The minimum Gasteiger partial charge on any atom is -0.478 e. The Labute approximate surface area is 131 Å². The second kappa shape index (κ2) is 5.57. The number of hydrogen-bond acceptors (Lipinski definition) is 4. The summed E-state index contributed by atoms with van der Waals surface area (Å²) in [5, 5.41) is 24.6. The lowest BCUT2D eigenvalue weighted by molar-refractivity contribution is -0.132. The number of hydrazone groups is 1. The van der Waals surface area contributed by atoms with Crippen molar-refractivity contribution in [3.63, 3.8) is 0 Å². The molecule has 1 heterocycles. The number of aliphatic carboxylic acids is 2. The van der Waals surface area contributed by atoms with Gasteiger partial charge in [-0.15, -0.1) is 0 Å². The van der Waals surface area contributed by atoms with Crippen molar-refractivity contribution in [1.29, 1.82) is 0 Å². The van der Waals surface area contributed by atoms with E-state index in [1.54, 1.807) is 19.1 Å². The van der Waals surface area contributed by atoms with Gasteiger partial charge in [0.05, 0.1) is 11.5 Å². The molecule has 0 radical (unpaired) electrons. The van der Waals surface area contributed by atoms with E-state index in [2.05, 4.69) is 10.5 Å². The molecule has 116 valence electrons. The minimum atomic E-state index is -1.25. The Morgan fingerprint density at radius 2 is 1.74 bits per heavy atom. The van der Waals surface area contributed by atoms with Crippen LogP contribution in [0.25, 0.3) is 10.8 Å². The Hall–Kier alpha value is -3.15. The number of carboxylic acid groups (broad SMARTS) is 2. The van der Waals surface area contributed by atoms with Crippen LogP contribution in [0.3, 0.4) is 0 Å². The number of nitrogens with one attached hydrogen (secondary N) is 1. The van der Waals surface area contributed by atoms with Crippen LogP contribution >= 0.6 is 0 Å². The molecule has 3 N–H and O–H groups in total. The van der Waals surface area contributed by atoms with Crippen LogP contribution in [0.5, 0.6) is 0 Å². The number of hydrogen-bond donors (Lipinski definition) is 3. The molecule has 2 aromatic carbocycles.